The highest BCUT2D eigenvalue weighted by molar-refractivity contribution is 6.24. The highest BCUT2D eigenvalue weighted by atomic mass is 16.4. The largest absolute Gasteiger partial charge is 0.508 e. The Hall–Kier alpha value is -1.72. The predicted octanol–water partition coefficient (Wildman–Crippen LogP) is 3.42. The zero-order valence-electron chi connectivity index (χ0n) is 16.7. The molecule has 5 nitrogen and oxygen atoms in total. The van der Waals surface area contributed by atoms with E-state index < -0.39 is 40.9 Å². The summed E-state index contributed by atoms with van der Waals surface area (Å²) in [4.78, 5) is 25.5. The van der Waals surface area contributed by atoms with E-state index in [0.717, 1.165) is 11.1 Å². The van der Waals surface area contributed by atoms with E-state index in [1.165, 1.54) is 0 Å². The Kier molecular flexibility index (Phi) is 7.54. The van der Waals surface area contributed by atoms with Gasteiger partial charge < -0.3 is 15.3 Å². The van der Waals surface area contributed by atoms with E-state index in [9.17, 15) is 24.9 Å². The average molecular weight is 364 g/mol. The summed E-state index contributed by atoms with van der Waals surface area (Å²) >= 11 is 0. The van der Waals surface area contributed by atoms with Crippen molar-refractivity contribution < 1.29 is 24.9 Å². The molecule has 0 aliphatic heterocycles. The van der Waals surface area contributed by atoms with Crippen LogP contribution in [0.5, 0.6) is 0 Å². The second kappa shape index (κ2) is 8.78. The third-order valence-corrected chi connectivity index (χ3v) is 5.04. The van der Waals surface area contributed by atoms with Crippen LogP contribution in [0.4, 0.5) is 0 Å². The monoisotopic (exact) mass is 364 g/mol. The molecule has 26 heavy (non-hydrogen) atoms. The Bertz CT molecular complexity index is 647. The molecule has 0 saturated heterocycles. The molecule has 1 aliphatic rings. The van der Waals surface area contributed by atoms with Crippen LogP contribution in [-0.4, -0.2) is 38.6 Å². The fraction of sp³-hybridized carbons (Fsp3) is 0.619. The van der Waals surface area contributed by atoms with Gasteiger partial charge in [-0.25, -0.2) is 0 Å². The fourth-order valence-electron chi connectivity index (χ4n) is 3.08. The summed E-state index contributed by atoms with van der Waals surface area (Å²) in [5.41, 5.74) is -0.629. The van der Waals surface area contributed by atoms with E-state index in [1.54, 1.807) is 19.1 Å². The van der Waals surface area contributed by atoms with Gasteiger partial charge in [-0.15, -0.1) is 0 Å². The zero-order valence-corrected chi connectivity index (χ0v) is 16.7. The minimum atomic E-state index is -2.16. The first kappa shape index (κ1) is 22.3. The van der Waals surface area contributed by atoms with Crippen LogP contribution in [0, 0.1) is 11.8 Å². The maximum Gasteiger partial charge on any atom is 0.176 e. The van der Waals surface area contributed by atoms with E-state index in [2.05, 4.69) is 0 Å². The van der Waals surface area contributed by atoms with Crippen LogP contribution >= 0.6 is 0 Å². The van der Waals surface area contributed by atoms with E-state index >= 15 is 0 Å². The molecule has 0 fully saturated rings. The number of carbonyl (C=O) groups excluding carboxylic acids is 2. The van der Waals surface area contributed by atoms with Crippen LogP contribution in [0.1, 0.15) is 60.8 Å². The fourth-order valence-corrected chi connectivity index (χ4v) is 3.08. The van der Waals surface area contributed by atoms with E-state index in [-0.39, 0.29) is 18.4 Å². The minimum Gasteiger partial charge on any atom is -0.508 e. The summed E-state index contributed by atoms with van der Waals surface area (Å²) in [6.07, 6.45) is 2.84. The Morgan fingerprint density at radius 3 is 2.19 bits per heavy atom. The molecular weight excluding hydrogens is 332 g/mol. The molecule has 3 N–H and O–H groups in total. The molecule has 0 spiro atoms. The van der Waals surface area contributed by atoms with Crippen LogP contribution < -0.4 is 0 Å². The van der Waals surface area contributed by atoms with E-state index in [4.69, 9.17) is 0 Å². The van der Waals surface area contributed by atoms with Crippen LogP contribution in [0.15, 0.2) is 34.6 Å². The third-order valence-electron chi connectivity index (χ3n) is 5.04. The SMILES string of the molecule is CCC(C)C(=O)C1=C(O)[C@](O)([C@@H](O)CC=C(C)C)C(CC=C(C)C)C1=O. The summed E-state index contributed by atoms with van der Waals surface area (Å²) in [5.74, 6) is -3.29. The van der Waals surface area contributed by atoms with Gasteiger partial charge in [-0.1, -0.05) is 37.1 Å². The van der Waals surface area contributed by atoms with Gasteiger partial charge in [0.05, 0.1) is 12.0 Å². The van der Waals surface area contributed by atoms with Gasteiger partial charge in [-0.05, 0) is 47.0 Å². The lowest BCUT2D eigenvalue weighted by molar-refractivity contribution is -0.134. The van der Waals surface area contributed by atoms with Crippen molar-refractivity contribution in [2.45, 2.75) is 72.5 Å². The first-order valence-electron chi connectivity index (χ1n) is 9.17. The summed E-state index contributed by atoms with van der Waals surface area (Å²) in [6.45, 7) is 10.9. The molecule has 0 amide bonds. The molecule has 0 aromatic carbocycles. The lowest BCUT2D eigenvalue weighted by atomic mass is 9.80. The van der Waals surface area contributed by atoms with Crippen LogP contribution in [0.3, 0.4) is 0 Å². The molecule has 4 atom stereocenters. The topological polar surface area (TPSA) is 94.8 Å². The molecule has 0 aromatic heterocycles. The molecule has 1 rings (SSSR count). The summed E-state index contributed by atoms with van der Waals surface area (Å²) in [6, 6.07) is 0. The molecule has 0 bridgehead atoms. The Morgan fingerprint density at radius 2 is 1.73 bits per heavy atom. The molecule has 2 unspecified atom stereocenters. The number of carbonyl (C=O) groups is 2. The number of hydrogen-bond donors (Lipinski definition) is 3. The number of hydrogen-bond acceptors (Lipinski definition) is 5. The van der Waals surface area contributed by atoms with Crippen molar-refractivity contribution >= 4 is 11.6 Å². The molecule has 146 valence electrons. The lowest BCUT2D eigenvalue weighted by Crippen LogP contribution is -2.49. The van der Waals surface area contributed by atoms with E-state index in [0.29, 0.717) is 6.42 Å². The quantitative estimate of drug-likeness (QED) is 0.453. The zero-order chi connectivity index (χ0) is 20.2. The van der Waals surface area contributed by atoms with Crippen LogP contribution in [0.25, 0.3) is 0 Å². The molecule has 0 aromatic rings. The molecule has 5 heteroatoms. The predicted molar refractivity (Wildman–Crippen MR) is 102 cm³/mol. The van der Waals surface area contributed by atoms with Crippen LogP contribution in [0.2, 0.25) is 0 Å². The van der Waals surface area contributed by atoms with Gasteiger partial charge in [0, 0.05) is 5.92 Å². The smallest absolute Gasteiger partial charge is 0.176 e. The summed E-state index contributed by atoms with van der Waals surface area (Å²) in [7, 11) is 0. The van der Waals surface area contributed by atoms with Gasteiger partial charge in [0.15, 0.2) is 17.2 Å². The molecule has 0 heterocycles. The highest BCUT2D eigenvalue weighted by Gasteiger charge is 2.58. The average Bonchev–Trinajstić information content (AvgIpc) is 2.76. The Labute approximate surface area is 156 Å². The normalized spacial score (nSPS) is 25.1. The number of aliphatic hydroxyl groups excluding tert-OH is 2. The number of rotatable bonds is 8. The van der Waals surface area contributed by atoms with Crippen molar-refractivity contribution in [3.63, 3.8) is 0 Å². The minimum absolute atomic E-state index is 0.0757. The maximum absolute atomic E-state index is 12.9. The van der Waals surface area contributed by atoms with Gasteiger partial charge in [-0.3, -0.25) is 9.59 Å². The van der Waals surface area contributed by atoms with Gasteiger partial charge in [0.25, 0.3) is 0 Å². The molecule has 0 radical (unpaired) electrons. The number of Topliss-reactive ketones (excluding diaryl/α,β-unsaturated/α-hetero) is 2. The van der Waals surface area contributed by atoms with Gasteiger partial charge in [-0.2, -0.15) is 0 Å². The molecular formula is C21H32O5. The standard InChI is InChI=1S/C21H32O5/c1-7-14(6)18(23)17-19(24)15(10-8-12(2)3)21(26,20(17)25)16(22)11-9-13(4)5/h8-9,14-16,22,25-26H,7,10-11H2,1-6H3/t14?,15?,16-,21+/m0/s1. The molecule has 0 saturated carbocycles. The van der Waals surface area contributed by atoms with Crippen molar-refractivity contribution in [1.29, 1.82) is 0 Å². The van der Waals surface area contributed by atoms with Gasteiger partial charge in [0.1, 0.15) is 11.3 Å². The van der Waals surface area contributed by atoms with Crippen molar-refractivity contribution in [2.24, 2.45) is 11.8 Å². The third kappa shape index (κ3) is 4.33. The number of allylic oxidation sites excluding steroid dienone is 4. The van der Waals surface area contributed by atoms with Gasteiger partial charge in [0.2, 0.25) is 0 Å². The Balaban J connectivity index is 3.43. The Morgan fingerprint density at radius 1 is 1.19 bits per heavy atom. The van der Waals surface area contributed by atoms with E-state index in [1.807, 2.05) is 34.6 Å². The van der Waals surface area contributed by atoms with Gasteiger partial charge >= 0.3 is 0 Å². The molecule has 1 aliphatic carbocycles. The summed E-state index contributed by atoms with van der Waals surface area (Å²) in [5, 5.41) is 32.4. The van der Waals surface area contributed by atoms with Crippen molar-refractivity contribution in [2.75, 3.05) is 0 Å². The second-order valence-electron chi connectivity index (χ2n) is 7.69. The van der Waals surface area contributed by atoms with Crippen LogP contribution in [-0.2, 0) is 9.59 Å². The highest BCUT2D eigenvalue weighted by Crippen LogP contribution is 2.43. The van der Waals surface area contributed by atoms with Crippen molar-refractivity contribution in [3.8, 4) is 0 Å². The van der Waals surface area contributed by atoms with Crippen molar-refractivity contribution in [1.82, 2.24) is 0 Å². The first-order valence-corrected chi connectivity index (χ1v) is 9.17. The van der Waals surface area contributed by atoms with Crippen molar-refractivity contribution in [3.05, 3.63) is 34.6 Å². The first-order chi connectivity index (χ1) is 12.0. The lowest BCUT2D eigenvalue weighted by Gasteiger charge is -2.33. The second-order valence-corrected chi connectivity index (χ2v) is 7.69. The number of aliphatic hydroxyl groups is 3. The maximum atomic E-state index is 12.9. The number of ketones is 2. The summed E-state index contributed by atoms with van der Waals surface area (Å²) < 4.78 is 0.